The first kappa shape index (κ1) is 14.5. The molecule has 0 aromatic rings. The van der Waals surface area contributed by atoms with Gasteiger partial charge in [0.2, 0.25) is 5.91 Å². The van der Waals surface area contributed by atoms with Gasteiger partial charge in [-0.15, -0.1) is 0 Å². The molecule has 108 valence electrons. The molecular weight excluding hydrogens is 240 g/mol. The second kappa shape index (κ2) is 7.62. The van der Waals surface area contributed by atoms with Crippen molar-refractivity contribution in [3.63, 3.8) is 0 Å². The highest BCUT2D eigenvalue weighted by Crippen LogP contribution is 2.16. The van der Waals surface area contributed by atoms with Crippen LogP contribution in [0.25, 0.3) is 0 Å². The molecule has 19 heavy (non-hydrogen) atoms. The summed E-state index contributed by atoms with van der Waals surface area (Å²) in [6.45, 7) is 7.84. The number of nitrogens with zero attached hydrogens (tertiary/aromatic N) is 2. The summed E-state index contributed by atoms with van der Waals surface area (Å²) in [5.74, 6) is -0.0179. The van der Waals surface area contributed by atoms with Crippen molar-refractivity contribution < 1.29 is 4.79 Å². The molecule has 0 aliphatic carbocycles. The molecule has 0 spiro atoms. The second-order valence-electron chi connectivity index (χ2n) is 5.33. The Balaban J connectivity index is 1.67. The van der Waals surface area contributed by atoms with Crippen LogP contribution < -0.4 is 10.6 Å². The van der Waals surface area contributed by atoms with Crippen LogP contribution in [-0.4, -0.2) is 74.6 Å². The van der Waals surface area contributed by atoms with E-state index in [1.807, 2.05) is 6.08 Å². The number of rotatable bonds is 4. The van der Waals surface area contributed by atoms with Gasteiger partial charge in [0.25, 0.3) is 0 Å². The first-order chi connectivity index (χ1) is 9.29. The quantitative estimate of drug-likeness (QED) is 0.684. The molecule has 1 amide bonds. The number of carbonyl (C=O) groups is 1. The van der Waals surface area contributed by atoms with Crippen molar-refractivity contribution in [2.75, 3.05) is 52.9 Å². The van der Waals surface area contributed by atoms with Gasteiger partial charge in [-0.3, -0.25) is 14.6 Å². The molecule has 0 aromatic carbocycles. The molecule has 0 aromatic heterocycles. The van der Waals surface area contributed by atoms with Crippen LogP contribution in [0.5, 0.6) is 0 Å². The predicted molar refractivity (Wildman–Crippen MR) is 77.1 cm³/mol. The van der Waals surface area contributed by atoms with Crippen LogP contribution in [0.3, 0.4) is 0 Å². The largest absolute Gasteiger partial charge is 0.356 e. The average Bonchev–Trinajstić information content (AvgIpc) is 2.48. The van der Waals surface area contributed by atoms with Crippen LogP contribution in [0.15, 0.2) is 12.2 Å². The van der Waals surface area contributed by atoms with Crippen molar-refractivity contribution in [3.8, 4) is 0 Å². The number of piperidine rings is 1. The lowest BCUT2D eigenvalue weighted by Crippen LogP contribution is -2.51. The highest BCUT2D eigenvalue weighted by atomic mass is 16.1. The van der Waals surface area contributed by atoms with E-state index in [4.69, 9.17) is 0 Å². The molecule has 0 bridgehead atoms. The topological polar surface area (TPSA) is 47.6 Å². The minimum Gasteiger partial charge on any atom is -0.356 e. The fourth-order valence-corrected chi connectivity index (χ4v) is 2.91. The molecule has 2 fully saturated rings. The Kier molecular flexibility index (Phi) is 5.82. The zero-order valence-corrected chi connectivity index (χ0v) is 11.9. The molecule has 2 aliphatic heterocycles. The molecule has 2 N–H and O–H groups in total. The summed E-state index contributed by atoms with van der Waals surface area (Å²) in [7, 11) is 1.66. The van der Waals surface area contributed by atoms with Crippen molar-refractivity contribution in [2.24, 2.45) is 0 Å². The molecule has 2 rings (SSSR count). The fourth-order valence-electron chi connectivity index (χ4n) is 2.91. The Morgan fingerprint density at radius 1 is 1.26 bits per heavy atom. The molecule has 5 nitrogen and oxygen atoms in total. The lowest BCUT2D eigenvalue weighted by Gasteiger charge is -2.40. The lowest BCUT2D eigenvalue weighted by atomic mass is 10.0. The molecule has 2 heterocycles. The maximum atomic E-state index is 11.1. The van der Waals surface area contributed by atoms with E-state index in [2.05, 4.69) is 20.4 Å². The zero-order chi connectivity index (χ0) is 13.5. The number of likely N-dealkylation sites (N-methyl/N-ethyl adjacent to an activating group) is 1. The average molecular weight is 266 g/mol. The fraction of sp³-hybridized carbons (Fsp3) is 0.786. The Morgan fingerprint density at radius 3 is 2.58 bits per heavy atom. The summed E-state index contributed by atoms with van der Waals surface area (Å²) in [4.78, 5) is 16.1. The van der Waals surface area contributed by atoms with Gasteiger partial charge in [0, 0.05) is 51.9 Å². The Morgan fingerprint density at radius 2 is 1.95 bits per heavy atom. The van der Waals surface area contributed by atoms with E-state index in [9.17, 15) is 4.79 Å². The van der Waals surface area contributed by atoms with Crippen LogP contribution in [0.2, 0.25) is 0 Å². The Bertz CT molecular complexity index is 305. The van der Waals surface area contributed by atoms with Gasteiger partial charge in [-0.1, -0.05) is 6.08 Å². The normalized spacial score (nSPS) is 23.8. The molecule has 0 saturated carbocycles. The van der Waals surface area contributed by atoms with Crippen molar-refractivity contribution >= 4 is 5.91 Å². The van der Waals surface area contributed by atoms with Crippen LogP contribution in [0, 0.1) is 0 Å². The molecule has 0 radical (unpaired) electrons. The zero-order valence-electron chi connectivity index (χ0n) is 11.9. The molecule has 2 aliphatic rings. The highest BCUT2D eigenvalue weighted by molar-refractivity contribution is 5.87. The molecular formula is C14H26N4O. The van der Waals surface area contributed by atoms with E-state index in [1.54, 1.807) is 13.1 Å². The van der Waals surface area contributed by atoms with Crippen molar-refractivity contribution in [1.29, 1.82) is 0 Å². The Hall–Kier alpha value is -0.910. The van der Waals surface area contributed by atoms with Gasteiger partial charge in [0.15, 0.2) is 0 Å². The predicted octanol–water partition coefficient (Wildman–Crippen LogP) is -0.342. The first-order valence-corrected chi connectivity index (χ1v) is 7.35. The van der Waals surface area contributed by atoms with E-state index in [0.29, 0.717) is 0 Å². The third kappa shape index (κ3) is 4.60. The van der Waals surface area contributed by atoms with E-state index >= 15 is 0 Å². The van der Waals surface area contributed by atoms with Crippen LogP contribution in [0.4, 0.5) is 0 Å². The monoisotopic (exact) mass is 266 g/mol. The summed E-state index contributed by atoms with van der Waals surface area (Å²) in [6.07, 6.45) is 6.11. The van der Waals surface area contributed by atoms with E-state index in [1.165, 1.54) is 25.9 Å². The smallest absolute Gasteiger partial charge is 0.243 e. The molecule has 2 saturated heterocycles. The lowest BCUT2D eigenvalue weighted by molar-refractivity contribution is -0.116. The van der Waals surface area contributed by atoms with Gasteiger partial charge in [-0.2, -0.15) is 0 Å². The van der Waals surface area contributed by atoms with Gasteiger partial charge in [-0.25, -0.2) is 0 Å². The Labute approximate surface area is 116 Å². The standard InChI is InChI=1S/C14H26N4O/c1-15-14(19)3-2-8-17-9-4-13(5-10-17)18-11-6-16-7-12-18/h2-3,13,16H,4-12H2,1H3,(H,15,19)/b3-2+. The van der Waals surface area contributed by atoms with E-state index in [-0.39, 0.29) is 5.91 Å². The van der Waals surface area contributed by atoms with Gasteiger partial charge < -0.3 is 10.6 Å². The second-order valence-corrected chi connectivity index (χ2v) is 5.33. The third-order valence-electron chi connectivity index (χ3n) is 4.10. The molecule has 0 atom stereocenters. The number of hydrogen-bond donors (Lipinski definition) is 2. The van der Waals surface area contributed by atoms with Crippen LogP contribution in [-0.2, 0) is 4.79 Å². The highest BCUT2D eigenvalue weighted by Gasteiger charge is 2.24. The number of piperazine rings is 1. The summed E-state index contributed by atoms with van der Waals surface area (Å²) < 4.78 is 0. The van der Waals surface area contributed by atoms with Gasteiger partial charge >= 0.3 is 0 Å². The van der Waals surface area contributed by atoms with Gasteiger partial charge in [-0.05, 0) is 25.9 Å². The van der Waals surface area contributed by atoms with E-state index < -0.39 is 0 Å². The summed E-state index contributed by atoms with van der Waals surface area (Å²) in [5, 5.41) is 6.00. The number of carbonyl (C=O) groups excluding carboxylic acids is 1. The maximum absolute atomic E-state index is 11.1. The van der Waals surface area contributed by atoms with Crippen LogP contribution in [0.1, 0.15) is 12.8 Å². The maximum Gasteiger partial charge on any atom is 0.243 e. The molecule has 0 unspecified atom stereocenters. The summed E-state index contributed by atoms with van der Waals surface area (Å²) in [6, 6.07) is 0.765. The minimum atomic E-state index is -0.0179. The SMILES string of the molecule is CNC(=O)/C=C/CN1CCC(N2CCNCC2)CC1. The van der Waals surface area contributed by atoms with Crippen molar-refractivity contribution in [3.05, 3.63) is 12.2 Å². The number of hydrogen-bond acceptors (Lipinski definition) is 4. The van der Waals surface area contributed by atoms with Crippen molar-refractivity contribution in [2.45, 2.75) is 18.9 Å². The van der Waals surface area contributed by atoms with E-state index in [0.717, 1.165) is 38.8 Å². The summed E-state index contributed by atoms with van der Waals surface area (Å²) >= 11 is 0. The van der Waals surface area contributed by atoms with Gasteiger partial charge in [0.05, 0.1) is 0 Å². The number of likely N-dealkylation sites (tertiary alicyclic amines) is 1. The minimum absolute atomic E-state index is 0.0179. The van der Waals surface area contributed by atoms with Gasteiger partial charge in [0.1, 0.15) is 0 Å². The number of nitrogens with one attached hydrogen (secondary N) is 2. The molecule has 5 heteroatoms. The number of amides is 1. The first-order valence-electron chi connectivity index (χ1n) is 7.35. The summed E-state index contributed by atoms with van der Waals surface area (Å²) in [5.41, 5.74) is 0. The third-order valence-corrected chi connectivity index (χ3v) is 4.10. The van der Waals surface area contributed by atoms with Crippen LogP contribution >= 0.6 is 0 Å². The van der Waals surface area contributed by atoms with Crippen molar-refractivity contribution in [1.82, 2.24) is 20.4 Å².